The van der Waals surface area contributed by atoms with Gasteiger partial charge in [0.15, 0.2) is 0 Å². The van der Waals surface area contributed by atoms with Crippen molar-refractivity contribution in [2.24, 2.45) is 0 Å². The van der Waals surface area contributed by atoms with Crippen LogP contribution in [0.25, 0.3) is 11.3 Å². The first-order valence-electron chi connectivity index (χ1n) is 10.4. The van der Waals surface area contributed by atoms with Crippen molar-refractivity contribution >= 4 is 5.69 Å². The number of anilines is 1. The summed E-state index contributed by atoms with van der Waals surface area (Å²) < 4.78 is 14.2. The lowest BCUT2D eigenvalue weighted by Crippen LogP contribution is -2.40. The predicted octanol–water partition coefficient (Wildman–Crippen LogP) is 2.51. The highest BCUT2D eigenvalue weighted by molar-refractivity contribution is 5.57. The molecule has 5 rings (SSSR count). The van der Waals surface area contributed by atoms with Crippen molar-refractivity contribution in [3.05, 3.63) is 66.4 Å². The van der Waals surface area contributed by atoms with Crippen LogP contribution >= 0.6 is 0 Å². The monoisotopic (exact) mass is 405 g/mol. The summed E-state index contributed by atoms with van der Waals surface area (Å²) in [5.41, 5.74) is 4.38. The van der Waals surface area contributed by atoms with Crippen molar-refractivity contribution in [1.29, 1.82) is 0 Å². The molecule has 0 saturated carbocycles. The standard InChI is InChI=1S/C23H27N5O2/c1-27(2)18-10-8-16(9-11-18)12-24-20-14-29-23-21(15-30-22(20)23)28-13-19(25-26-28)17-6-4-3-5-7-17/h3-11,13,20-24H,12,14-15H2,1-2H3/t20-,21-,22+,23+/m0/s1. The van der Waals surface area contributed by atoms with Crippen LogP contribution < -0.4 is 10.2 Å². The zero-order valence-electron chi connectivity index (χ0n) is 17.3. The third-order valence-electron chi connectivity index (χ3n) is 5.97. The fraction of sp³-hybridized carbons (Fsp3) is 0.391. The lowest BCUT2D eigenvalue weighted by Gasteiger charge is -2.18. The average Bonchev–Trinajstić information content (AvgIpc) is 3.50. The van der Waals surface area contributed by atoms with Gasteiger partial charge >= 0.3 is 0 Å². The van der Waals surface area contributed by atoms with Crippen molar-refractivity contribution in [3.8, 4) is 11.3 Å². The molecule has 0 radical (unpaired) electrons. The minimum Gasteiger partial charge on any atom is -0.378 e. The van der Waals surface area contributed by atoms with E-state index < -0.39 is 0 Å². The number of rotatable bonds is 6. The third kappa shape index (κ3) is 3.71. The fourth-order valence-electron chi connectivity index (χ4n) is 4.22. The first-order valence-corrected chi connectivity index (χ1v) is 10.4. The largest absolute Gasteiger partial charge is 0.378 e. The van der Waals surface area contributed by atoms with E-state index in [-0.39, 0.29) is 24.3 Å². The van der Waals surface area contributed by atoms with Crippen LogP contribution in [-0.4, -0.2) is 60.6 Å². The SMILES string of the molecule is CN(C)c1ccc(CN[C@H]2CO[C@H]3[C@@H]2OC[C@@H]3n2cc(-c3ccccc3)nn2)cc1. The molecule has 7 heteroatoms. The lowest BCUT2D eigenvalue weighted by atomic mass is 10.1. The lowest BCUT2D eigenvalue weighted by molar-refractivity contribution is 0.0620. The van der Waals surface area contributed by atoms with E-state index in [4.69, 9.17) is 9.47 Å². The van der Waals surface area contributed by atoms with Crippen LogP contribution in [0.15, 0.2) is 60.8 Å². The van der Waals surface area contributed by atoms with Crippen molar-refractivity contribution in [2.45, 2.75) is 30.8 Å². The van der Waals surface area contributed by atoms with Crippen LogP contribution in [0.4, 0.5) is 5.69 Å². The molecule has 2 saturated heterocycles. The summed E-state index contributed by atoms with van der Waals surface area (Å²) in [7, 11) is 4.10. The van der Waals surface area contributed by atoms with Crippen molar-refractivity contribution in [1.82, 2.24) is 20.3 Å². The Morgan fingerprint density at radius 2 is 1.77 bits per heavy atom. The summed E-state index contributed by atoms with van der Waals surface area (Å²) in [6.07, 6.45) is 2.01. The number of nitrogens with one attached hydrogen (secondary N) is 1. The number of hydrogen-bond donors (Lipinski definition) is 1. The number of benzene rings is 2. The van der Waals surface area contributed by atoms with Crippen molar-refractivity contribution in [3.63, 3.8) is 0 Å². The molecule has 2 aliphatic heterocycles. The summed E-state index contributed by atoms with van der Waals surface area (Å²) in [5.74, 6) is 0. The molecule has 2 fully saturated rings. The van der Waals surface area contributed by atoms with Gasteiger partial charge in [0.1, 0.15) is 23.9 Å². The summed E-state index contributed by atoms with van der Waals surface area (Å²) >= 11 is 0. The summed E-state index contributed by atoms with van der Waals surface area (Å²) in [6.45, 7) is 2.02. The Kier molecular flexibility index (Phi) is 5.25. The summed E-state index contributed by atoms with van der Waals surface area (Å²) in [4.78, 5) is 2.10. The van der Waals surface area contributed by atoms with Gasteiger partial charge in [0.05, 0.1) is 25.5 Å². The summed E-state index contributed by atoms with van der Waals surface area (Å²) in [6, 6.07) is 18.9. The molecule has 2 aliphatic rings. The second kappa shape index (κ2) is 8.18. The van der Waals surface area contributed by atoms with Gasteiger partial charge in [0.2, 0.25) is 0 Å². The normalized spacial score (nSPS) is 25.4. The highest BCUT2D eigenvalue weighted by atomic mass is 16.6. The number of ether oxygens (including phenoxy) is 2. The maximum atomic E-state index is 6.13. The maximum Gasteiger partial charge on any atom is 0.113 e. The molecular weight excluding hydrogens is 378 g/mol. The van der Waals surface area contributed by atoms with Crippen LogP contribution in [0.1, 0.15) is 11.6 Å². The van der Waals surface area contributed by atoms with Crippen LogP contribution in [0.2, 0.25) is 0 Å². The van der Waals surface area contributed by atoms with E-state index in [0.29, 0.717) is 13.2 Å². The van der Waals surface area contributed by atoms with Gasteiger partial charge in [-0.3, -0.25) is 0 Å². The van der Waals surface area contributed by atoms with Crippen LogP contribution in [-0.2, 0) is 16.0 Å². The number of nitrogens with zero attached hydrogens (tertiary/aromatic N) is 4. The smallest absolute Gasteiger partial charge is 0.113 e. The molecule has 3 aromatic rings. The molecule has 7 nitrogen and oxygen atoms in total. The van der Waals surface area contributed by atoms with Gasteiger partial charge in [0.25, 0.3) is 0 Å². The van der Waals surface area contributed by atoms with Crippen molar-refractivity contribution < 1.29 is 9.47 Å². The zero-order valence-corrected chi connectivity index (χ0v) is 17.3. The van der Waals surface area contributed by atoms with Gasteiger partial charge in [-0.15, -0.1) is 5.10 Å². The molecule has 0 amide bonds. The topological polar surface area (TPSA) is 64.4 Å². The van der Waals surface area contributed by atoms with Gasteiger partial charge < -0.3 is 19.7 Å². The number of fused-ring (bicyclic) bond motifs is 1. The zero-order chi connectivity index (χ0) is 20.5. The molecule has 1 N–H and O–H groups in total. The van der Waals surface area contributed by atoms with E-state index in [0.717, 1.165) is 17.8 Å². The molecule has 0 aliphatic carbocycles. The van der Waals surface area contributed by atoms with Crippen molar-refractivity contribution in [2.75, 3.05) is 32.2 Å². The highest BCUT2D eigenvalue weighted by Gasteiger charge is 2.48. The first kappa shape index (κ1) is 19.2. The molecule has 4 atom stereocenters. The fourth-order valence-corrected chi connectivity index (χ4v) is 4.22. The number of hydrogen-bond acceptors (Lipinski definition) is 6. The first-order chi connectivity index (χ1) is 14.7. The molecule has 1 aromatic heterocycles. The Bertz CT molecular complexity index is 973. The van der Waals surface area contributed by atoms with E-state index in [1.54, 1.807) is 0 Å². The van der Waals surface area contributed by atoms with E-state index in [9.17, 15) is 0 Å². The van der Waals surface area contributed by atoms with Crippen LogP contribution in [0, 0.1) is 0 Å². The van der Waals surface area contributed by atoms with Gasteiger partial charge in [-0.25, -0.2) is 4.68 Å². The summed E-state index contributed by atoms with van der Waals surface area (Å²) in [5, 5.41) is 12.3. The van der Waals surface area contributed by atoms with E-state index in [2.05, 4.69) is 58.9 Å². The Hall–Kier alpha value is -2.74. The van der Waals surface area contributed by atoms with E-state index in [1.165, 1.54) is 11.3 Å². The van der Waals surface area contributed by atoms with E-state index >= 15 is 0 Å². The second-order valence-corrected chi connectivity index (χ2v) is 8.16. The highest BCUT2D eigenvalue weighted by Crippen LogP contribution is 2.34. The molecular formula is C23H27N5O2. The molecule has 30 heavy (non-hydrogen) atoms. The van der Waals surface area contributed by atoms with Gasteiger partial charge in [0, 0.05) is 31.9 Å². The molecule has 0 spiro atoms. The molecule has 0 bridgehead atoms. The molecule has 3 heterocycles. The maximum absolute atomic E-state index is 6.13. The second-order valence-electron chi connectivity index (χ2n) is 8.16. The Morgan fingerprint density at radius 1 is 1.00 bits per heavy atom. The van der Waals surface area contributed by atoms with Gasteiger partial charge in [-0.1, -0.05) is 47.7 Å². The Balaban J connectivity index is 1.21. The Labute approximate surface area is 176 Å². The van der Waals surface area contributed by atoms with Crippen LogP contribution in [0.5, 0.6) is 0 Å². The van der Waals surface area contributed by atoms with E-state index in [1.807, 2.05) is 41.2 Å². The van der Waals surface area contributed by atoms with Gasteiger partial charge in [-0.2, -0.15) is 0 Å². The van der Waals surface area contributed by atoms with Gasteiger partial charge in [-0.05, 0) is 17.7 Å². The third-order valence-corrected chi connectivity index (χ3v) is 5.97. The predicted molar refractivity (Wildman–Crippen MR) is 115 cm³/mol. The minimum atomic E-state index is -0.0102. The molecule has 0 unspecified atom stereocenters. The molecule has 2 aromatic carbocycles. The number of aromatic nitrogens is 3. The Morgan fingerprint density at radius 3 is 2.53 bits per heavy atom. The quantitative estimate of drug-likeness (QED) is 0.680. The molecule has 156 valence electrons. The average molecular weight is 406 g/mol. The minimum absolute atomic E-state index is 0.0102. The van der Waals surface area contributed by atoms with Crippen LogP contribution in [0.3, 0.4) is 0 Å².